The monoisotopic (exact) mass is 551 g/mol. The number of aliphatic hydroxyl groups is 1. The van der Waals surface area contributed by atoms with Gasteiger partial charge in [0, 0.05) is 29.1 Å². The van der Waals surface area contributed by atoms with E-state index in [1.807, 2.05) is 20.8 Å². The zero-order valence-corrected chi connectivity index (χ0v) is 23.8. The second-order valence-electron chi connectivity index (χ2n) is 12.0. The van der Waals surface area contributed by atoms with E-state index in [9.17, 15) is 23.9 Å². The highest BCUT2D eigenvalue weighted by Crippen LogP contribution is 2.40. The van der Waals surface area contributed by atoms with Gasteiger partial charge in [-0.2, -0.15) is 0 Å². The van der Waals surface area contributed by atoms with Gasteiger partial charge in [0.1, 0.15) is 18.0 Å². The quantitative estimate of drug-likeness (QED) is 0.363. The Morgan fingerprint density at radius 1 is 1.20 bits per heavy atom. The predicted octanol–water partition coefficient (Wildman–Crippen LogP) is 3.74. The van der Waals surface area contributed by atoms with E-state index in [0.717, 1.165) is 0 Å². The van der Waals surface area contributed by atoms with Crippen LogP contribution in [0.2, 0.25) is 0 Å². The van der Waals surface area contributed by atoms with Crippen LogP contribution in [0.5, 0.6) is 0 Å². The number of carbonyl (C=O) groups excluding carboxylic acids is 2. The van der Waals surface area contributed by atoms with Crippen molar-refractivity contribution in [3.8, 4) is 11.4 Å². The molecular formula is C30H34FN3O6. The van der Waals surface area contributed by atoms with E-state index >= 15 is 0 Å². The molecule has 5 rings (SSSR count). The molecule has 3 aromatic rings. The summed E-state index contributed by atoms with van der Waals surface area (Å²) in [5, 5.41) is 14.8. The average molecular weight is 552 g/mol. The van der Waals surface area contributed by atoms with E-state index in [-0.39, 0.29) is 43.2 Å². The standard InChI is InChI=1S/C30H34FN3O6/c1-8-30(38)20-10-23-24-18(13-34(23)25(35)19(20)14-39-27(30)37)17(16-9-15(2)21(31)11-22(16)33-24)12-32-26(36)29(6,7)40-28(3,4)5/h9-11,38H,8,12-14H2,1-7H3,(H,32,36)/t30-/m0/s1. The van der Waals surface area contributed by atoms with E-state index in [0.29, 0.717) is 39.0 Å². The number of halogens is 1. The van der Waals surface area contributed by atoms with Crippen LogP contribution in [0.3, 0.4) is 0 Å². The Labute approximate surface area is 231 Å². The number of esters is 1. The topological polar surface area (TPSA) is 120 Å². The van der Waals surface area contributed by atoms with Crippen LogP contribution < -0.4 is 10.9 Å². The van der Waals surface area contributed by atoms with Gasteiger partial charge in [0.15, 0.2) is 5.60 Å². The highest BCUT2D eigenvalue weighted by Gasteiger charge is 2.45. The lowest BCUT2D eigenvalue weighted by molar-refractivity contribution is -0.172. The van der Waals surface area contributed by atoms with Crippen molar-refractivity contribution >= 4 is 22.8 Å². The van der Waals surface area contributed by atoms with Gasteiger partial charge in [-0.15, -0.1) is 0 Å². The molecule has 10 heteroatoms. The second kappa shape index (κ2) is 9.21. The summed E-state index contributed by atoms with van der Waals surface area (Å²) in [5.74, 6) is -1.57. The SMILES string of the molecule is CC[C@@]1(O)C(=O)OCc2c1cc1n(c2=O)Cc2c-1nc1cc(F)c(C)cc1c2CNC(=O)C(C)(C)OC(C)(C)C. The molecular weight excluding hydrogens is 517 g/mol. The van der Waals surface area contributed by atoms with Crippen LogP contribution in [0.4, 0.5) is 4.39 Å². The molecule has 2 aliphatic rings. The molecule has 0 spiro atoms. The minimum atomic E-state index is -1.96. The van der Waals surface area contributed by atoms with Crippen LogP contribution in [0.25, 0.3) is 22.3 Å². The third kappa shape index (κ3) is 4.39. The summed E-state index contributed by atoms with van der Waals surface area (Å²) in [6, 6.07) is 4.63. The summed E-state index contributed by atoms with van der Waals surface area (Å²) in [7, 11) is 0. The Bertz CT molecular complexity index is 1650. The van der Waals surface area contributed by atoms with Gasteiger partial charge in [-0.3, -0.25) is 9.59 Å². The number of fused-ring (bicyclic) bond motifs is 5. The number of ether oxygens (including phenoxy) is 2. The third-order valence-electron chi connectivity index (χ3n) is 7.62. The zero-order valence-electron chi connectivity index (χ0n) is 23.8. The molecule has 1 atom stereocenters. The van der Waals surface area contributed by atoms with Crippen molar-refractivity contribution in [3.63, 3.8) is 0 Å². The summed E-state index contributed by atoms with van der Waals surface area (Å²) in [6.45, 7) is 12.3. The molecule has 9 nitrogen and oxygen atoms in total. The lowest BCUT2D eigenvalue weighted by Gasteiger charge is -2.32. The van der Waals surface area contributed by atoms with Gasteiger partial charge in [-0.25, -0.2) is 14.2 Å². The third-order valence-corrected chi connectivity index (χ3v) is 7.62. The number of cyclic esters (lactones) is 1. The van der Waals surface area contributed by atoms with Crippen molar-refractivity contribution in [1.29, 1.82) is 0 Å². The Kier molecular flexibility index (Phi) is 6.43. The molecule has 2 N–H and O–H groups in total. The maximum absolute atomic E-state index is 14.7. The maximum atomic E-state index is 14.7. The number of aromatic nitrogens is 2. The molecule has 2 aliphatic heterocycles. The predicted molar refractivity (Wildman–Crippen MR) is 146 cm³/mol. The van der Waals surface area contributed by atoms with E-state index in [4.69, 9.17) is 14.5 Å². The van der Waals surface area contributed by atoms with Gasteiger partial charge in [-0.1, -0.05) is 6.92 Å². The normalized spacial score (nSPS) is 18.3. The van der Waals surface area contributed by atoms with Gasteiger partial charge in [0.25, 0.3) is 11.5 Å². The van der Waals surface area contributed by atoms with Crippen molar-refractivity contribution in [1.82, 2.24) is 14.9 Å². The lowest BCUT2D eigenvalue weighted by Crippen LogP contribution is -2.47. The van der Waals surface area contributed by atoms with Gasteiger partial charge >= 0.3 is 5.97 Å². The molecule has 0 saturated heterocycles. The van der Waals surface area contributed by atoms with Crippen molar-refractivity contribution in [2.24, 2.45) is 0 Å². The van der Waals surface area contributed by atoms with Gasteiger partial charge in [0.2, 0.25) is 0 Å². The smallest absolute Gasteiger partial charge is 0.343 e. The molecule has 40 heavy (non-hydrogen) atoms. The van der Waals surface area contributed by atoms with Crippen LogP contribution in [0.15, 0.2) is 23.0 Å². The summed E-state index contributed by atoms with van der Waals surface area (Å²) >= 11 is 0. The number of hydrogen-bond donors (Lipinski definition) is 2. The van der Waals surface area contributed by atoms with Gasteiger partial charge < -0.3 is 24.5 Å². The fraction of sp³-hybridized carbons (Fsp3) is 0.467. The van der Waals surface area contributed by atoms with Crippen LogP contribution in [0, 0.1) is 12.7 Å². The first-order chi connectivity index (χ1) is 18.6. The molecule has 0 radical (unpaired) electrons. The van der Waals surface area contributed by atoms with Gasteiger partial charge in [-0.05, 0) is 71.2 Å². The molecule has 0 aliphatic carbocycles. The number of carbonyl (C=O) groups is 2. The number of pyridine rings is 2. The molecule has 1 amide bonds. The second-order valence-corrected chi connectivity index (χ2v) is 12.0. The molecule has 0 unspecified atom stereocenters. The minimum Gasteiger partial charge on any atom is -0.458 e. The van der Waals surface area contributed by atoms with Crippen molar-refractivity contribution in [3.05, 3.63) is 62.2 Å². The molecule has 0 bridgehead atoms. The molecule has 2 aromatic heterocycles. The van der Waals surface area contributed by atoms with Crippen LogP contribution >= 0.6 is 0 Å². The number of amides is 1. The summed E-state index contributed by atoms with van der Waals surface area (Å²) in [6.07, 6.45) is 0.0218. The first-order valence-electron chi connectivity index (χ1n) is 13.3. The van der Waals surface area contributed by atoms with Crippen LogP contribution in [0.1, 0.15) is 75.8 Å². The molecule has 0 fully saturated rings. The first-order valence-corrected chi connectivity index (χ1v) is 13.3. The van der Waals surface area contributed by atoms with Crippen molar-refractivity contribution < 1.29 is 28.6 Å². The van der Waals surface area contributed by atoms with Crippen LogP contribution in [-0.4, -0.2) is 37.7 Å². The van der Waals surface area contributed by atoms with Crippen LogP contribution in [-0.2, 0) is 44.4 Å². The fourth-order valence-corrected chi connectivity index (χ4v) is 5.69. The number of hydrogen-bond acceptors (Lipinski definition) is 7. The average Bonchev–Trinajstić information content (AvgIpc) is 3.22. The Morgan fingerprint density at radius 3 is 2.55 bits per heavy atom. The van der Waals surface area contributed by atoms with Crippen molar-refractivity contribution in [2.45, 2.75) is 91.4 Å². The maximum Gasteiger partial charge on any atom is 0.343 e. The molecule has 212 valence electrons. The van der Waals surface area contributed by atoms with E-state index in [1.54, 1.807) is 39.8 Å². The summed E-state index contributed by atoms with van der Waals surface area (Å²) < 4.78 is 27.3. The fourth-order valence-electron chi connectivity index (χ4n) is 5.69. The summed E-state index contributed by atoms with van der Waals surface area (Å²) in [4.78, 5) is 44.1. The Balaban J connectivity index is 1.66. The Morgan fingerprint density at radius 2 is 1.90 bits per heavy atom. The highest BCUT2D eigenvalue weighted by molar-refractivity contribution is 5.90. The van der Waals surface area contributed by atoms with E-state index in [1.165, 1.54) is 10.6 Å². The number of benzene rings is 1. The van der Waals surface area contributed by atoms with E-state index in [2.05, 4.69) is 5.32 Å². The van der Waals surface area contributed by atoms with Gasteiger partial charge in [0.05, 0.1) is 34.6 Å². The lowest BCUT2D eigenvalue weighted by atomic mass is 9.86. The number of nitrogens with one attached hydrogen (secondary N) is 1. The highest BCUT2D eigenvalue weighted by atomic mass is 19.1. The number of aryl methyl sites for hydroxylation is 1. The van der Waals surface area contributed by atoms with E-state index < -0.39 is 34.1 Å². The zero-order chi connectivity index (χ0) is 29.4. The summed E-state index contributed by atoms with van der Waals surface area (Å²) in [5.41, 5.74) is -0.601. The number of rotatable bonds is 5. The molecule has 0 saturated carbocycles. The molecule has 1 aromatic carbocycles. The Hall–Kier alpha value is -3.63. The largest absolute Gasteiger partial charge is 0.458 e. The first kappa shape index (κ1) is 27.9. The minimum absolute atomic E-state index is 0.0218. The molecule has 4 heterocycles. The number of nitrogens with zero attached hydrogens (tertiary/aromatic N) is 2. The van der Waals surface area contributed by atoms with Crippen molar-refractivity contribution in [2.75, 3.05) is 0 Å².